The standard InChI is InChI=1S/C11H21NO/c1-3-10-4-8(2)6-12(10)11-5-9(11)7-13/h8-11,13H,3-7H2,1-2H3. The van der Waals surface area contributed by atoms with E-state index in [1.165, 1.54) is 25.8 Å². The zero-order valence-electron chi connectivity index (χ0n) is 8.74. The molecule has 0 spiro atoms. The van der Waals surface area contributed by atoms with Gasteiger partial charge < -0.3 is 5.11 Å². The number of rotatable bonds is 3. The number of nitrogens with zero attached hydrogens (tertiary/aromatic N) is 1. The summed E-state index contributed by atoms with van der Waals surface area (Å²) < 4.78 is 0. The molecule has 1 aliphatic carbocycles. The Morgan fingerprint density at radius 2 is 2.15 bits per heavy atom. The Morgan fingerprint density at radius 3 is 2.69 bits per heavy atom. The lowest BCUT2D eigenvalue weighted by Gasteiger charge is -2.23. The van der Waals surface area contributed by atoms with Crippen LogP contribution in [0.25, 0.3) is 0 Å². The van der Waals surface area contributed by atoms with Crippen molar-refractivity contribution in [3.63, 3.8) is 0 Å². The van der Waals surface area contributed by atoms with Crippen LogP contribution in [0.15, 0.2) is 0 Å². The molecule has 0 aromatic heterocycles. The highest BCUT2D eigenvalue weighted by Crippen LogP contribution is 2.41. The summed E-state index contributed by atoms with van der Waals surface area (Å²) in [7, 11) is 0. The summed E-state index contributed by atoms with van der Waals surface area (Å²) in [5.74, 6) is 1.46. The largest absolute Gasteiger partial charge is 0.396 e. The Morgan fingerprint density at radius 1 is 1.38 bits per heavy atom. The molecule has 1 N–H and O–H groups in total. The summed E-state index contributed by atoms with van der Waals surface area (Å²) in [6.07, 6.45) is 3.88. The summed E-state index contributed by atoms with van der Waals surface area (Å²) in [5.41, 5.74) is 0. The summed E-state index contributed by atoms with van der Waals surface area (Å²) >= 11 is 0. The van der Waals surface area contributed by atoms with Gasteiger partial charge in [0.05, 0.1) is 0 Å². The molecule has 2 nitrogen and oxygen atoms in total. The topological polar surface area (TPSA) is 23.5 Å². The molecule has 13 heavy (non-hydrogen) atoms. The lowest BCUT2D eigenvalue weighted by molar-refractivity contribution is 0.198. The molecule has 1 aliphatic heterocycles. The van der Waals surface area contributed by atoms with Crippen molar-refractivity contribution in [1.82, 2.24) is 4.90 Å². The van der Waals surface area contributed by atoms with E-state index in [2.05, 4.69) is 18.7 Å². The normalized spacial score (nSPS) is 45.5. The van der Waals surface area contributed by atoms with Crippen LogP contribution in [0.5, 0.6) is 0 Å². The van der Waals surface area contributed by atoms with Gasteiger partial charge in [0.2, 0.25) is 0 Å². The van der Waals surface area contributed by atoms with E-state index in [1.54, 1.807) is 0 Å². The van der Waals surface area contributed by atoms with E-state index in [1.807, 2.05) is 0 Å². The first-order chi connectivity index (χ1) is 6.26. The summed E-state index contributed by atoms with van der Waals surface area (Å²) in [4.78, 5) is 2.64. The van der Waals surface area contributed by atoms with E-state index in [4.69, 9.17) is 5.11 Å². The van der Waals surface area contributed by atoms with Gasteiger partial charge in [-0.15, -0.1) is 0 Å². The third kappa shape index (κ3) is 1.75. The Labute approximate surface area is 80.9 Å². The first-order valence-corrected chi connectivity index (χ1v) is 5.62. The molecule has 1 saturated heterocycles. The van der Waals surface area contributed by atoms with Gasteiger partial charge in [-0.25, -0.2) is 0 Å². The molecular weight excluding hydrogens is 162 g/mol. The number of aliphatic hydroxyl groups excluding tert-OH is 1. The molecule has 2 rings (SSSR count). The second-order valence-electron chi connectivity index (χ2n) is 4.85. The van der Waals surface area contributed by atoms with Crippen molar-refractivity contribution in [1.29, 1.82) is 0 Å². The number of hydrogen-bond donors (Lipinski definition) is 1. The molecule has 4 unspecified atom stereocenters. The van der Waals surface area contributed by atoms with E-state index in [0.29, 0.717) is 12.5 Å². The molecule has 0 aromatic rings. The minimum absolute atomic E-state index is 0.395. The lowest BCUT2D eigenvalue weighted by atomic mass is 10.1. The zero-order valence-corrected chi connectivity index (χ0v) is 8.74. The van der Waals surface area contributed by atoms with Gasteiger partial charge in [0.25, 0.3) is 0 Å². The molecule has 0 bridgehead atoms. The minimum Gasteiger partial charge on any atom is -0.396 e. The van der Waals surface area contributed by atoms with E-state index < -0.39 is 0 Å². The smallest absolute Gasteiger partial charge is 0.0474 e. The Bertz CT molecular complexity index is 183. The van der Waals surface area contributed by atoms with Crippen LogP contribution in [0.4, 0.5) is 0 Å². The minimum atomic E-state index is 0.395. The van der Waals surface area contributed by atoms with Gasteiger partial charge >= 0.3 is 0 Å². The van der Waals surface area contributed by atoms with Gasteiger partial charge in [0.1, 0.15) is 0 Å². The maximum Gasteiger partial charge on any atom is 0.0474 e. The molecule has 2 heteroatoms. The van der Waals surface area contributed by atoms with Crippen molar-refractivity contribution < 1.29 is 5.11 Å². The molecule has 0 amide bonds. The van der Waals surface area contributed by atoms with Gasteiger partial charge in [-0.05, 0) is 31.1 Å². The average Bonchev–Trinajstić information content (AvgIpc) is 2.82. The molecule has 76 valence electrons. The third-order valence-corrected chi connectivity index (χ3v) is 3.68. The second-order valence-corrected chi connectivity index (χ2v) is 4.85. The SMILES string of the molecule is CCC1CC(C)CN1C1CC1CO. The molecule has 0 radical (unpaired) electrons. The Kier molecular flexibility index (Phi) is 2.61. The highest BCUT2D eigenvalue weighted by molar-refractivity contribution is 4.99. The first-order valence-electron chi connectivity index (χ1n) is 5.62. The van der Waals surface area contributed by atoms with Crippen molar-refractivity contribution in [3.8, 4) is 0 Å². The summed E-state index contributed by atoms with van der Waals surface area (Å²) in [5, 5.41) is 9.03. The second kappa shape index (κ2) is 3.58. The van der Waals surface area contributed by atoms with Crippen LogP contribution in [0.1, 0.15) is 33.1 Å². The zero-order chi connectivity index (χ0) is 9.42. The molecule has 2 fully saturated rings. The summed E-state index contributed by atoms with van der Waals surface area (Å²) in [6, 6.07) is 1.52. The first kappa shape index (κ1) is 9.47. The van der Waals surface area contributed by atoms with Crippen molar-refractivity contribution in [2.75, 3.05) is 13.2 Å². The molecular formula is C11H21NO. The Hall–Kier alpha value is -0.0800. The van der Waals surface area contributed by atoms with Gasteiger partial charge in [0, 0.05) is 25.2 Å². The monoisotopic (exact) mass is 183 g/mol. The van der Waals surface area contributed by atoms with Gasteiger partial charge in [0.15, 0.2) is 0 Å². The van der Waals surface area contributed by atoms with Gasteiger partial charge in [-0.2, -0.15) is 0 Å². The molecule has 4 atom stereocenters. The van der Waals surface area contributed by atoms with E-state index in [-0.39, 0.29) is 0 Å². The fraction of sp³-hybridized carbons (Fsp3) is 1.00. The van der Waals surface area contributed by atoms with Crippen molar-refractivity contribution in [2.45, 2.75) is 45.2 Å². The number of aliphatic hydroxyl groups is 1. The predicted octanol–water partition coefficient (Wildman–Crippen LogP) is 1.49. The number of likely N-dealkylation sites (tertiary alicyclic amines) is 1. The Balaban J connectivity index is 1.91. The van der Waals surface area contributed by atoms with Crippen molar-refractivity contribution in [3.05, 3.63) is 0 Å². The van der Waals surface area contributed by atoms with E-state index >= 15 is 0 Å². The van der Waals surface area contributed by atoms with Crippen LogP contribution in [0.3, 0.4) is 0 Å². The van der Waals surface area contributed by atoms with E-state index in [0.717, 1.165) is 18.0 Å². The highest BCUT2D eigenvalue weighted by atomic mass is 16.3. The molecule has 2 aliphatic rings. The van der Waals surface area contributed by atoms with Crippen LogP contribution in [0, 0.1) is 11.8 Å². The molecule has 1 heterocycles. The summed E-state index contributed by atoms with van der Waals surface area (Å²) in [6.45, 7) is 6.29. The third-order valence-electron chi connectivity index (χ3n) is 3.68. The lowest BCUT2D eigenvalue weighted by Crippen LogP contribution is -2.32. The fourth-order valence-corrected chi connectivity index (χ4v) is 2.82. The predicted molar refractivity (Wildman–Crippen MR) is 53.5 cm³/mol. The average molecular weight is 183 g/mol. The maximum atomic E-state index is 9.03. The van der Waals surface area contributed by atoms with Gasteiger partial charge in [-0.3, -0.25) is 4.90 Å². The quantitative estimate of drug-likeness (QED) is 0.716. The van der Waals surface area contributed by atoms with Crippen LogP contribution in [-0.2, 0) is 0 Å². The van der Waals surface area contributed by atoms with Crippen LogP contribution >= 0.6 is 0 Å². The molecule has 1 saturated carbocycles. The molecule has 0 aromatic carbocycles. The van der Waals surface area contributed by atoms with Crippen LogP contribution < -0.4 is 0 Å². The van der Waals surface area contributed by atoms with Gasteiger partial charge in [-0.1, -0.05) is 13.8 Å². The number of hydrogen-bond acceptors (Lipinski definition) is 2. The maximum absolute atomic E-state index is 9.03. The van der Waals surface area contributed by atoms with Crippen molar-refractivity contribution in [2.24, 2.45) is 11.8 Å². The van der Waals surface area contributed by atoms with Crippen molar-refractivity contribution >= 4 is 0 Å². The fourth-order valence-electron chi connectivity index (χ4n) is 2.82. The van der Waals surface area contributed by atoms with Crippen LogP contribution in [-0.4, -0.2) is 35.2 Å². The van der Waals surface area contributed by atoms with Crippen LogP contribution in [0.2, 0.25) is 0 Å². The van der Waals surface area contributed by atoms with E-state index in [9.17, 15) is 0 Å². The highest BCUT2D eigenvalue weighted by Gasteiger charge is 2.45.